The first-order valence-electron chi connectivity index (χ1n) is 9.09. The molecular formula is C22H15Cl4N3O3. The minimum atomic E-state index is -0.964. The molecule has 10 heteroatoms. The molecule has 0 spiro atoms. The molecule has 3 rings (SSSR count). The van der Waals surface area contributed by atoms with Crippen LogP contribution in [0.5, 0.6) is 5.75 Å². The van der Waals surface area contributed by atoms with Gasteiger partial charge in [0.25, 0.3) is 0 Å². The quantitative estimate of drug-likeness (QED) is 0.243. The smallest absolute Gasteiger partial charge is 0.329 e. The van der Waals surface area contributed by atoms with Gasteiger partial charge in [0.1, 0.15) is 12.4 Å². The predicted molar refractivity (Wildman–Crippen MR) is 128 cm³/mol. The molecule has 0 aliphatic rings. The lowest BCUT2D eigenvalue weighted by Crippen LogP contribution is -2.32. The number of nitrogens with zero attached hydrogens (tertiary/aromatic N) is 1. The van der Waals surface area contributed by atoms with Crippen molar-refractivity contribution >= 4 is 70.1 Å². The Morgan fingerprint density at radius 1 is 0.844 bits per heavy atom. The molecule has 0 aliphatic heterocycles. The van der Waals surface area contributed by atoms with Crippen molar-refractivity contribution in [1.82, 2.24) is 5.43 Å². The van der Waals surface area contributed by atoms with Gasteiger partial charge in [0.05, 0.1) is 21.9 Å². The molecule has 3 aromatic rings. The van der Waals surface area contributed by atoms with E-state index < -0.39 is 11.8 Å². The van der Waals surface area contributed by atoms with Crippen LogP contribution in [-0.4, -0.2) is 18.0 Å². The number of halogens is 4. The predicted octanol–water partition coefficient (Wildman–Crippen LogP) is 5.97. The summed E-state index contributed by atoms with van der Waals surface area (Å²) in [4.78, 5) is 23.9. The van der Waals surface area contributed by atoms with E-state index in [0.29, 0.717) is 26.9 Å². The minimum absolute atomic E-state index is 0.137. The molecule has 0 fully saturated rings. The van der Waals surface area contributed by atoms with Gasteiger partial charge in [0.15, 0.2) is 0 Å². The van der Waals surface area contributed by atoms with Crippen LogP contribution in [0.25, 0.3) is 0 Å². The zero-order valence-corrected chi connectivity index (χ0v) is 19.3. The summed E-state index contributed by atoms with van der Waals surface area (Å²) in [5, 5.41) is 7.58. The van der Waals surface area contributed by atoms with Crippen molar-refractivity contribution < 1.29 is 14.3 Å². The molecule has 0 radical (unpaired) electrons. The molecule has 0 saturated heterocycles. The number of ether oxygens (including phenoxy) is 1. The van der Waals surface area contributed by atoms with Crippen molar-refractivity contribution in [2.24, 2.45) is 5.10 Å². The number of benzene rings is 3. The van der Waals surface area contributed by atoms with Crippen LogP contribution in [0.2, 0.25) is 20.1 Å². The fraction of sp³-hybridized carbons (Fsp3) is 0.0455. The maximum absolute atomic E-state index is 12.0. The van der Waals surface area contributed by atoms with Crippen LogP contribution in [0.15, 0.2) is 65.8 Å². The van der Waals surface area contributed by atoms with E-state index in [4.69, 9.17) is 51.1 Å². The fourth-order valence-electron chi connectivity index (χ4n) is 2.47. The van der Waals surface area contributed by atoms with Crippen LogP contribution in [0.1, 0.15) is 11.1 Å². The van der Waals surface area contributed by atoms with E-state index in [-0.39, 0.29) is 22.3 Å². The summed E-state index contributed by atoms with van der Waals surface area (Å²) in [6.45, 7) is 0.216. The molecule has 2 amide bonds. The molecule has 0 aromatic heterocycles. The Hall–Kier alpha value is -2.77. The van der Waals surface area contributed by atoms with Crippen LogP contribution in [0.3, 0.4) is 0 Å². The summed E-state index contributed by atoms with van der Waals surface area (Å²) >= 11 is 24.1. The second-order valence-electron chi connectivity index (χ2n) is 6.31. The van der Waals surface area contributed by atoms with Crippen LogP contribution < -0.4 is 15.5 Å². The molecule has 2 N–H and O–H groups in total. The minimum Gasteiger partial charge on any atom is -0.489 e. The van der Waals surface area contributed by atoms with Crippen molar-refractivity contribution in [3.8, 4) is 5.75 Å². The molecule has 164 valence electrons. The van der Waals surface area contributed by atoms with Gasteiger partial charge in [-0.15, -0.1) is 0 Å². The first-order chi connectivity index (χ1) is 15.3. The Kier molecular flexibility index (Phi) is 8.36. The lowest BCUT2D eigenvalue weighted by Gasteiger charge is -2.09. The number of rotatable bonds is 6. The lowest BCUT2D eigenvalue weighted by atomic mass is 10.2. The second kappa shape index (κ2) is 11.2. The normalized spacial score (nSPS) is 10.8. The summed E-state index contributed by atoms with van der Waals surface area (Å²) in [6, 6.07) is 16.8. The summed E-state index contributed by atoms with van der Waals surface area (Å²) in [7, 11) is 0. The van der Waals surface area contributed by atoms with E-state index >= 15 is 0 Å². The zero-order chi connectivity index (χ0) is 23.1. The highest BCUT2D eigenvalue weighted by molar-refractivity contribution is 6.45. The highest BCUT2D eigenvalue weighted by atomic mass is 35.5. The first kappa shape index (κ1) is 23.9. The van der Waals surface area contributed by atoms with Crippen molar-refractivity contribution in [2.45, 2.75) is 6.61 Å². The number of hydrogen-bond acceptors (Lipinski definition) is 4. The molecule has 0 atom stereocenters. The summed E-state index contributed by atoms with van der Waals surface area (Å²) in [5.41, 5.74) is 3.73. The molecule has 32 heavy (non-hydrogen) atoms. The average Bonchev–Trinajstić information content (AvgIpc) is 2.77. The fourth-order valence-corrected chi connectivity index (χ4v) is 3.33. The third-order valence-electron chi connectivity index (χ3n) is 4.11. The highest BCUT2D eigenvalue weighted by Crippen LogP contribution is 2.29. The third kappa shape index (κ3) is 6.37. The van der Waals surface area contributed by atoms with Gasteiger partial charge >= 0.3 is 11.8 Å². The summed E-state index contributed by atoms with van der Waals surface area (Å²) in [5.74, 6) is -1.30. The highest BCUT2D eigenvalue weighted by Gasteiger charge is 2.15. The van der Waals surface area contributed by atoms with Crippen molar-refractivity contribution in [3.63, 3.8) is 0 Å². The molecule has 0 saturated carbocycles. The SMILES string of the molecule is O=C(N/N=C\c1ccc(OCc2c(Cl)cccc2Cl)cc1)C(=O)Nc1cccc(Cl)c1Cl. The van der Waals surface area contributed by atoms with E-state index in [1.807, 2.05) is 0 Å². The van der Waals surface area contributed by atoms with Gasteiger partial charge in [-0.1, -0.05) is 58.5 Å². The van der Waals surface area contributed by atoms with E-state index in [2.05, 4.69) is 15.8 Å². The van der Waals surface area contributed by atoms with E-state index in [0.717, 1.165) is 0 Å². The van der Waals surface area contributed by atoms with Gasteiger partial charge < -0.3 is 10.1 Å². The lowest BCUT2D eigenvalue weighted by molar-refractivity contribution is -0.136. The molecule has 0 bridgehead atoms. The molecule has 3 aromatic carbocycles. The Morgan fingerprint density at radius 2 is 1.47 bits per heavy atom. The van der Waals surface area contributed by atoms with Gasteiger partial charge in [0.2, 0.25) is 0 Å². The number of hydrogen-bond donors (Lipinski definition) is 2. The monoisotopic (exact) mass is 509 g/mol. The number of anilines is 1. The van der Waals surface area contributed by atoms with Crippen molar-refractivity contribution in [3.05, 3.63) is 91.9 Å². The topological polar surface area (TPSA) is 79.8 Å². The van der Waals surface area contributed by atoms with Gasteiger partial charge in [0, 0.05) is 15.6 Å². The number of carbonyl (C=O) groups is 2. The molecule has 6 nitrogen and oxygen atoms in total. The summed E-state index contributed by atoms with van der Waals surface area (Å²) < 4.78 is 5.70. The van der Waals surface area contributed by atoms with Crippen LogP contribution in [-0.2, 0) is 16.2 Å². The average molecular weight is 511 g/mol. The third-order valence-corrected chi connectivity index (χ3v) is 5.64. The van der Waals surface area contributed by atoms with Crippen molar-refractivity contribution in [1.29, 1.82) is 0 Å². The van der Waals surface area contributed by atoms with Gasteiger partial charge in [-0.25, -0.2) is 5.43 Å². The maximum atomic E-state index is 12.0. The number of nitrogens with one attached hydrogen (secondary N) is 2. The van der Waals surface area contributed by atoms with Gasteiger partial charge in [-0.2, -0.15) is 5.10 Å². The molecule has 0 aliphatic carbocycles. The van der Waals surface area contributed by atoms with E-state index in [1.54, 1.807) is 54.6 Å². The van der Waals surface area contributed by atoms with Crippen LogP contribution >= 0.6 is 46.4 Å². The summed E-state index contributed by atoms with van der Waals surface area (Å²) in [6.07, 6.45) is 1.38. The Bertz CT molecular complexity index is 1150. The molecule has 0 heterocycles. The number of hydrazone groups is 1. The first-order valence-corrected chi connectivity index (χ1v) is 10.6. The van der Waals surface area contributed by atoms with Crippen LogP contribution in [0.4, 0.5) is 5.69 Å². The number of amides is 2. The Balaban J connectivity index is 1.51. The zero-order valence-electron chi connectivity index (χ0n) is 16.2. The van der Waals surface area contributed by atoms with Crippen molar-refractivity contribution in [2.75, 3.05) is 5.32 Å². The van der Waals surface area contributed by atoms with Crippen LogP contribution in [0, 0.1) is 0 Å². The molecule has 0 unspecified atom stereocenters. The number of carbonyl (C=O) groups excluding carboxylic acids is 2. The second-order valence-corrected chi connectivity index (χ2v) is 7.91. The Labute approximate surface area is 204 Å². The van der Waals surface area contributed by atoms with Gasteiger partial charge in [-0.05, 0) is 54.1 Å². The van der Waals surface area contributed by atoms with E-state index in [9.17, 15) is 9.59 Å². The Morgan fingerprint density at radius 3 is 2.16 bits per heavy atom. The molecular weight excluding hydrogens is 496 g/mol. The van der Waals surface area contributed by atoms with E-state index in [1.165, 1.54) is 12.3 Å². The van der Waals surface area contributed by atoms with Gasteiger partial charge in [-0.3, -0.25) is 9.59 Å². The largest absolute Gasteiger partial charge is 0.489 e. The maximum Gasteiger partial charge on any atom is 0.329 e. The standard InChI is InChI=1S/C22H15Cl4N3O3/c23-16-3-1-4-17(24)15(16)12-32-14-9-7-13(8-10-14)11-27-29-22(31)21(30)28-19-6-2-5-18(25)20(19)26/h1-11H,12H2,(H,28,30)(H,29,31)/b27-11-.